The van der Waals surface area contributed by atoms with Crippen molar-refractivity contribution in [1.82, 2.24) is 15.4 Å². The fraction of sp³-hybridized carbons (Fsp3) is 0.429. The minimum absolute atomic E-state index is 0.722. The lowest BCUT2D eigenvalue weighted by Gasteiger charge is -1.97. The van der Waals surface area contributed by atoms with E-state index in [0.29, 0.717) is 0 Å². The monoisotopic (exact) mass is 152 g/mol. The molecule has 0 saturated heterocycles. The number of aryl methyl sites for hydroxylation is 1. The third kappa shape index (κ3) is 1.80. The number of hydrogen-bond donors (Lipinski definition) is 2. The Labute approximate surface area is 65.7 Å². The highest BCUT2D eigenvalue weighted by molar-refractivity contribution is 5.38. The number of nitrogens with zero attached hydrogens (tertiary/aromatic N) is 2. The minimum Gasteiger partial charge on any atom is -0.364 e. The quantitative estimate of drug-likeness (QED) is 0.632. The first-order chi connectivity index (χ1) is 5.38. The summed E-state index contributed by atoms with van der Waals surface area (Å²) in [6.45, 7) is 6.36. The highest BCUT2D eigenvalue weighted by Gasteiger charge is 2.01. The highest BCUT2D eigenvalue weighted by atomic mass is 15.4. The molecule has 0 saturated carbocycles. The molecule has 2 N–H and O–H groups in total. The number of aromatic nitrogens is 3. The molecule has 0 radical (unpaired) electrons. The average Bonchev–Trinajstić information content (AvgIpc) is 2.47. The molecular weight excluding hydrogens is 140 g/mol. The van der Waals surface area contributed by atoms with E-state index in [1.807, 2.05) is 6.92 Å². The number of aromatic amines is 1. The average molecular weight is 152 g/mol. The maximum absolute atomic E-state index is 3.95. The Morgan fingerprint density at radius 3 is 3.09 bits per heavy atom. The molecule has 0 aliphatic heterocycles. The number of H-pyrrole nitrogens is 1. The lowest BCUT2D eigenvalue weighted by Crippen LogP contribution is -2.00. The smallest absolute Gasteiger partial charge is 0.171 e. The molecule has 4 heteroatoms. The summed E-state index contributed by atoms with van der Waals surface area (Å²) in [4.78, 5) is 0. The molecule has 0 amide bonds. The first kappa shape index (κ1) is 7.78. The molecule has 0 aliphatic rings. The van der Waals surface area contributed by atoms with Crippen LogP contribution in [0.1, 0.15) is 12.6 Å². The van der Waals surface area contributed by atoms with Gasteiger partial charge in [-0.2, -0.15) is 10.3 Å². The Kier molecular flexibility index (Phi) is 2.66. The molecule has 11 heavy (non-hydrogen) atoms. The standard InChI is InChI=1S/C7H12N4/c1-3-5-8-7-6(4-2)9-11-10-7/h3H,1,4-5H2,2H3,(H2,8,9,10,11). The van der Waals surface area contributed by atoms with Gasteiger partial charge in [0.25, 0.3) is 0 Å². The number of anilines is 1. The van der Waals surface area contributed by atoms with Crippen LogP contribution in [0, 0.1) is 0 Å². The van der Waals surface area contributed by atoms with Gasteiger partial charge in [0.05, 0.1) is 0 Å². The van der Waals surface area contributed by atoms with Gasteiger partial charge in [0, 0.05) is 6.54 Å². The van der Waals surface area contributed by atoms with Gasteiger partial charge in [-0.05, 0) is 6.42 Å². The molecule has 1 rings (SSSR count). The molecule has 0 fully saturated rings. The molecule has 0 aromatic carbocycles. The van der Waals surface area contributed by atoms with Gasteiger partial charge in [0.15, 0.2) is 5.82 Å². The maximum atomic E-state index is 3.95. The molecule has 60 valence electrons. The highest BCUT2D eigenvalue weighted by Crippen LogP contribution is 2.06. The zero-order chi connectivity index (χ0) is 8.10. The summed E-state index contributed by atoms with van der Waals surface area (Å²) in [7, 11) is 0. The van der Waals surface area contributed by atoms with Crippen molar-refractivity contribution in [3.8, 4) is 0 Å². The number of hydrogen-bond acceptors (Lipinski definition) is 3. The third-order valence-corrected chi connectivity index (χ3v) is 1.37. The molecule has 4 nitrogen and oxygen atoms in total. The topological polar surface area (TPSA) is 53.6 Å². The maximum Gasteiger partial charge on any atom is 0.171 e. The normalized spacial score (nSPS) is 9.55. The van der Waals surface area contributed by atoms with Gasteiger partial charge >= 0.3 is 0 Å². The van der Waals surface area contributed by atoms with E-state index in [1.54, 1.807) is 6.08 Å². The first-order valence-corrected chi connectivity index (χ1v) is 3.63. The molecule has 0 bridgehead atoms. The van der Waals surface area contributed by atoms with E-state index in [-0.39, 0.29) is 0 Å². The van der Waals surface area contributed by atoms with Crippen molar-refractivity contribution in [2.45, 2.75) is 13.3 Å². The van der Waals surface area contributed by atoms with Gasteiger partial charge in [-0.15, -0.1) is 11.7 Å². The van der Waals surface area contributed by atoms with Crippen LogP contribution < -0.4 is 5.32 Å². The molecule has 1 aromatic heterocycles. The van der Waals surface area contributed by atoms with Crippen molar-refractivity contribution in [3.63, 3.8) is 0 Å². The number of rotatable bonds is 4. The lowest BCUT2D eigenvalue weighted by atomic mass is 10.3. The van der Waals surface area contributed by atoms with Crippen LogP contribution in [0.4, 0.5) is 5.82 Å². The van der Waals surface area contributed by atoms with Crippen molar-refractivity contribution in [2.24, 2.45) is 0 Å². The van der Waals surface area contributed by atoms with Crippen LogP contribution in [-0.2, 0) is 6.42 Å². The Morgan fingerprint density at radius 2 is 2.45 bits per heavy atom. The largest absolute Gasteiger partial charge is 0.364 e. The second-order valence-electron chi connectivity index (χ2n) is 2.14. The Morgan fingerprint density at radius 1 is 1.64 bits per heavy atom. The van der Waals surface area contributed by atoms with E-state index in [4.69, 9.17) is 0 Å². The second-order valence-corrected chi connectivity index (χ2v) is 2.14. The Balaban J connectivity index is 2.60. The van der Waals surface area contributed by atoms with Crippen molar-refractivity contribution in [1.29, 1.82) is 0 Å². The van der Waals surface area contributed by atoms with Crippen molar-refractivity contribution in [3.05, 3.63) is 18.3 Å². The van der Waals surface area contributed by atoms with Crippen molar-refractivity contribution < 1.29 is 0 Å². The van der Waals surface area contributed by atoms with Gasteiger partial charge in [0.1, 0.15) is 5.69 Å². The van der Waals surface area contributed by atoms with E-state index < -0.39 is 0 Å². The van der Waals surface area contributed by atoms with Gasteiger partial charge in [-0.25, -0.2) is 0 Å². The number of nitrogens with one attached hydrogen (secondary N) is 2. The summed E-state index contributed by atoms with van der Waals surface area (Å²) in [6.07, 6.45) is 2.67. The van der Waals surface area contributed by atoms with E-state index in [1.165, 1.54) is 0 Å². The fourth-order valence-corrected chi connectivity index (χ4v) is 0.810. The molecule has 0 unspecified atom stereocenters. The summed E-state index contributed by atoms with van der Waals surface area (Å²) in [6, 6.07) is 0. The summed E-state index contributed by atoms with van der Waals surface area (Å²) in [5.41, 5.74) is 0.965. The van der Waals surface area contributed by atoms with Gasteiger partial charge in [0.2, 0.25) is 0 Å². The van der Waals surface area contributed by atoms with Crippen LogP contribution in [0.2, 0.25) is 0 Å². The van der Waals surface area contributed by atoms with Crippen LogP contribution in [0.5, 0.6) is 0 Å². The van der Waals surface area contributed by atoms with Crippen LogP contribution in [-0.4, -0.2) is 22.0 Å². The molecule has 1 aromatic rings. The predicted molar refractivity (Wildman–Crippen MR) is 44.4 cm³/mol. The third-order valence-electron chi connectivity index (χ3n) is 1.37. The summed E-state index contributed by atoms with van der Waals surface area (Å²) >= 11 is 0. The summed E-state index contributed by atoms with van der Waals surface area (Å²) in [5.74, 6) is 0.826. The van der Waals surface area contributed by atoms with E-state index in [0.717, 1.165) is 24.5 Å². The van der Waals surface area contributed by atoms with Gasteiger partial charge in [-0.3, -0.25) is 0 Å². The van der Waals surface area contributed by atoms with E-state index in [9.17, 15) is 0 Å². The van der Waals surface area contributed by atoms with Crippen molar-refractivity contribution >= 4 is 5.82 Å². The Hall–Kier alpha value is -1.32. The zero-order valence-corrected chi connectivity index (χ0v) is 6.59. The molecule has 0 spiro atoms. The minimum atomic E-state index is 0.722. The van der Waals surface area contributed by atoms with Gasteiger partial charge < -0.3 is 5.32 Å². The summed E-state index contributed by atoms with van der Waals surface area (Å²) < 4.78 is 0. The summed E-state index contributed by atoms with van der Waals surface area (Å²) in [5, 5.41) is 13.5. The molecule has 0 aliphatic carbocycles. The fourth-order valence-electron chi connectivity index (χ4n) is 0.810. The molecule has 1 heterocycles. The van der Waals surface area contributed by atoms with Gasteiger partial charge in [-0.1, -0.05) is 13.0 Å². The van der Waals surface area contributed by atoms with Crippen LogP contribution in [0.3, 0.4) is 0 Å². The predicted octanol–water partition coefficient (Wildman–Crippen LogP) is 0.965. The van der Waals surface area contributed by atoms with E-state index >= 15 is 0 Å². The Bertz CT molecular complexity index is 228. The lowest BCUT2D eigenvalue weighted by molar-refractivity contribution is 0.908. The van der Waals surface area contributed by atoms with E-state index in [2.05, 4.69) is 27.3 Å². The molecular formula is C7H12N4. The first-order valence-electron chi connectivity index (χ1n) is 3.63. The van der Waals surface area contributed by atoms with Crippen LogP contribution in [0.15, 0.2) is 12.7 Å². The zero-order valence-electron chi connectivity index (χ0n) is 6.59. The SMILES string of the molecule is C=CCNc1n[nH]nc1CC. The van der Waals surface area contributed by atoms with Crippen molar-refractivity contribution in [2.75, 3.05) is 11.9 Å². The molecule has 0 atom stereocenters. The van der Waals surface area contributed by atoms with Crippen LogP contribution >= 0.6 is 0 Å². The second kappa shape index (κ2) is 3.75. The van der Waals surface area contributed by atoms with Crippen LogP contribution in [0.25, 0.3) is 0 Å².